The summed E-state index contributed by atoms with van der Waals surface area (Å²) in [6.45, 7) is 0. The number of carbonyl (C=O) groups is 1. The number of hydrogen-bond donors (Lipinski definition) is 0. The highest BCUT2D eigenvalue weighted by atomic mass is 31.1. The molecule has 2 nitrogen and oxygen atoms in total. The van der Waals surface area contributed by atoms with E-state index < -0.39 is 42.4 Å². The average Bonchev–Trinajstić information content (AvgIpc) is 2.57. The molecule has 0 spiro atoms. The Labute approximate surface area is 145 Å². The Kier molecular flexibility index (Phi) is 5.86. The van der Waals surface area contributed by atoms with Crippen LogP contribution < -0.4 is 0 Å². The monoisotopic (exact) mass is 393 g/mol. The second kappa shape index (κ2) is 7.58. The fourth-order valence-electron chi connectivity index (χ4n) is 2.36. The predicted molar refractivity (Wildman–Crippen MR) is 83.4 cm³/mol. The van der Waals surface area contributed by atoms with Crippen molar-refractivity contribution in [2.75, 3.05) is 6.16 Å². The summed E-state index contributed by atoms with van der Waals surface area (Å²) in [7, 11) is -2.96. The summed E-state index contributed by atoms with van der Waals surface area (Å²) in [6.07, 6.45) is -10.6. The SMILES string of the molecule is O=C(c1c(C(F)(F)F)cccc1C(F)(F)F)[P+](=O)CCc1ccccc1. The third-order valence-electron chi connectivity index (χ3n) is 3.56. The zero-order chi connectivity index (χ0) is 19.5. The Morgan fingerprint density at radius 3 is 1.77 bits per heavy atom. The van der Waals surface area contributed by atoms with E-state index >= 15 is 0 Å². The topological polar surface area (TPSA) is 34.1 Å². The zero-order valence-corrected chi connectivity index (χ0v) is 14.0. The Bertz CT molecular complexity index is 780. The van der Waals surface area contributed by atoms with Crippen molar-refractivity contribution < 1.29 is 35.7 Å². The van der Waals surface area contributed by atoms with E-state index in [0.717, 1.165) is 0 Å². The largest absolute Gasteiger partial charge is 0.420 e. The van der Waals surface area contributed by atoms with Crippen molar-refractivity contribution in [2.45, 2.75) is 18.8 Å². The van der Waals surface area contributed by atoms with E-state index in [4.69, 9.17) is 0 Å². The molecule has 0 aliphatic heterocycles. The summed E-state index contributed by atoms with van der Waals surface area (Å²) < 4.78 is 90.6. The van der Waals surface area contributed by atoms with Crippen molar-refractivity contribution in [3.63, 3.8) is 0 Å². The Morgan fingerprint density at radius 2 is 1.31 bits per heavy atom. The molecule has 26 heavy (non-hydrogen) atoms. The van der Waals surface area contributed by atoms with Crippen LogP contribution in [0.5, 0.6) is 0 Å². The van der Waals surface area contributed by atoms with Gasteiger partial charge in [-0.2, -0.15) is 26.3 Å². The quantitative estimate of drug-likeness (QED) is 0.466. The second-order valence-electron chi connectivity index (χ2n) is 5.37. The maximum Gasteiger partial charge on any atom is 0.420 e. The smallest absolute Gasteiger partial charge is 0.234 e. The highest BCUT2D eigenvalue weighted by Crippen LogP contribution is 2.43. The minimum Gasteiger partial charge on any atom is -0.234 e. The van der Waals surface area contributed by atoms with Crippen LogP contribution in [0.2, 0.25) is 0 Å². The molecule has 1 atom stereocenters. The van der Waals surface area contributed by atoms with E-state index in [-0.39, 0.29) is 12.6 Å². The van der Waals surface area contributed by atoms with Crippen LogP contribution in [0.4, 0.5) is 26.3 Å². The van der Waals surface area contributed by atoms with E-state index in [1.807, 2.05) is 0 Å². The van der Waals surface area contributed by atoms with Gasteiger partial charge in [0.25, 0.3) is 0 Å². The summed E-state index contributed by atoms with van der Waals surface area (Å²) in [5.41, 5.74) is -6.03. The van der Waals surface area contributed by atoms with Gasteiger partial charge in [0.1, 0.15) is 0 Å². The first-order valence-electron chi connectivity index (χ1n) is 7.32. The first-order valence-corrected chi connectivity index (χ1v) is 8.76. The molecule has 0 fully saturated rings. The normalized spacial score (nSPS) is 12.8. The minimum atomic E-state index is -5.18. The summed E-state index contributed by atoms with van der Waals surface area (Å²) in [4.78, 5) is 12.2. The Morgan fingerprint density at radius 1 is 0.808 bits per heavy atom. The minimum absolute atomic E-state index is 0.0946. The van der Waals surface area contributed by atoms with Gasteiger partial charge in [-0.1, -0.05) is 41.0 Å². The molecule has 0 heterocycles. The van der Waals surface area contributed by atoms with Gasteiger partial charge in [0.05, 0.1) is 16.7 Å². The van der Waals surface area contributed by atoms with Crippen molar-refractivity contribution in [3.8, 4) is 0 Å². The maximum absolute atomic E-state index is 13.1. The van der Waals surface area contributed by atoms with Gasteiger partial charge in [-0.3, -0.25) is 0 Å². The molecule has 2 aromatic rings. The molecule has 0 aliphatic rings. The van der Waals surface area contributed by atoms with Gasteiger partial charge in [-0.25, -0.2) is 4.79 Å². The molecule has 0 saturated carbocycles. The van der Waals surface area contributed by atoms with E-state index in [1.54, 1.807) is 30.3 Å². The van der Waals surface area contributed by atoms with E-state index in [1.165, 1.54) is 0 Å². The molecule has 0 N–H and O–H groups in total. The molecule has 9 heteroatoms. The second-order valence-corrected chi connectivity index (χ2v) is 6.98. The van der Waals surface area contributed by atoms with E-state index in [2.05, 4.69) is 0 Å². The summed E-state index contributed by atoms with van der Waals surface area (Å²) in [5, 5.41) is 0. The Balaban J connectivity index is 2.38. The van der Waals surface area contributed by atoms with Crippen LogP contribution in [0.1, 0.15) is 27.0 Å². The highest BCUT2D eigenvalue weighted by molar-refractivity contribution is 7.64. The lowest BCUT2D eigenvalue weighted by molar-refractivity contribution is -0.143. The van der Waals surface area contributed by atoms with E-state index in [0.29, 0.717) is 23.8 Å². The van der Waals surface area contributed by atoms with Crippen molar-refractivity contribution >= 4 is 13.3 Å². The summed E-state index contributed by atoms with van der Waals surface area (Å²) >= 11 is 0. The Hall–Kier alpha value is -2.21. The number of carbonyl (C=O) groups excluding carboxylic acids is 1. The number of hydrogen-bond acceptors (Lipinski definition) is 2. The van der Waals surface area contributed by atoms with Gasteiger partial charge in [0.2, 0.25) is 0 Å². The summed E-state index contributed by atoms with van der Waals surface area (Å²) in [6, 6.07) is 9.68. The van der Waals surface area contributed by atoms with Gasteiger partial charge in [0, 0.05) is 6.42 Å². The fraction of sp³-hybridized carbons (Fsp3) is 0.235. The maximum atomic E-state index is 13.1. The van der Waals surface area contributed by atoms with Crippen molar-refractivity contribution in [3.05, 3.63) is 70.8 Å². The van der Waals surface area contributed by atoms with Crippen molar-refractivity contribution in [1.82, 2.24) is 0 Å². The van der Waals surface area contributed by atoms with Crippen molar-refractivity contribution in [2.24, 2.45) is 0 Å². The lowest BCUT2D eigenvalue weighted by Crippen LogP contribution is -2.19. The van der Waals surface area contributed by atoms with Gasteiger partial charge in [-0.15, -0.1) is 0 Å². The number of alkyl halides is 6. The van der Waals surface area contributed by atoms with Crippen LogP contribution in [0.15, 0.2) is 48.5 Å². The number of aryl methyl sites for hydroxylation is 1. The van der Waals surface area contributed by atoms with Gasteiger partial charge < -0.3 is 0 Å². The fourth-order valence-corrected chi connectivity index (χ4v) is 3.51. The van der Waals surface area contributed by atoms with Crippen LogP contribution in [-0.2, 0) is 23.3 Å². The molecule has 0 aliphatic carbocycles. The average molecular weight is 393 g/mol. The van der Waals surface area contributed by atoms with Crippen molar-refractivity contribution in [1.29, 1.82) is 0 Å². The molecule has 138 valence electrons. The molecule has 0 saturated heterocycles. The standard InChI is InChI=1S/C17H12F6O2P/c18-16(19,20)12-7-4-8-13(17(21,22)23)14(12)15(24)26(25)10-9-11-5-2-1-3-6-11/h1-8H,9-10H2/q+1. The number of benzene rings is 2. The molecule has 2 aromatic carbocycles. The summed E-state index contributed by atoms with van der Waals surface area (Å²) in [5.74, 6) is 0. The van der Waals surface area contributed by atoms with Gasteiger partial charge in [0.15, 0.2) is 6.16 Å². The van der Waals surface area contributed by atoms with Crippen LogP contribution in [-0.4, -0.2) is 11.7 Å². The third kappa shape index (κ3) is 4.69. The molecule has 2 rings (SSSR count). The highest BCUT2D eigenvalue weighted by Gasteiger charge is 2.47. The molecule has 0 bridgehead atoms. The van der Waals surface area contributed by atoms with Crippen LogP contribution in [0.3, 0.4) is 0 Å². The predicted octanol–water partition coefficient (Wildman–Crippen LogP) is 5.93. The van der Waals surface area contributed by atoms with Gasteiger partial charge >= 0.3 is 25.7 Å². The molecule has 0 aromatic heterocycles. The molecule has 1 unspecified atom stereocenters. The number of rotatable bonds is 5. The lowest BCUT2D eigenvalue weighted by atomic mass is 10.0. The first kappa shape index (κ1) is 20.1. The molecular weight excluding hydrogens is 381 g/mol. The lowest BCUT2D eigenvalue weighted by Gasteiger charge is -2.15. The molecular formula is C17H12F6O2P+. The van der Waals surface area contributed by atoms with Crippen LogP contribution >= 0.6 is 7.80 Å². The molecule has 0 radical (unpaired) electrons. The van der Waals surface area contributed by atoms with Gasteiger partial charge in [-0.05, 0) is 17.7 Å². The number of halogens is 6. The molecule has 0 amide bonds. The van der Waals surface area contributed by atoms with Crippen LogP contribution in [0.25, 0.3) is 0 Å². The first-order chi connectivity index (χ1) is 12.0. The third-order valence-corrected chi connectivity index (χ3v) is 4.87. The van der Waals surface area contributed by atoms with Crippen LogP contribution in [0, 0.1) is 0 Å². The zero-order valence-electron chi connectivity index (χ0n) is 13.1. The van der Waals surface area contributed by atoms with E-state index in [9.17, 15) is 35.7 Å².